The molecular formula is C8H10ClN5. The Morgan fingerprint density at radius 1 is 1.50 bits per heavy atom. The van der Waals surface area contributed by atoms with Crippen molar-refractivity contribution in [1.82, 2.24) is 20.2 Å². The standard InChI is InChI=1S/C8H10ClN5/c1-2-3-10-6-5-4-11-14-7(5)13-8(9)12-6/h4H,2-3H2,1H3,(H2,10,11,12,13,14). The average molecular weight is 212 g/mol. The molecule has 0 saturated carbocycles. The summed E-state index contributed by atoms with van der Waals surface area (Å²) in [6, 6.07) is 0. The number of aromatic amines is 1. The van der Waals surface area contributed by atoms with Gasteiger partial charge in [0.2, 0.25) is 5.28 Å². The second kappa shape index (κ2) is 3.79. The Morgan fingerprint density at radius 3 is 3.14 bits per heavy atom. The van der Waals surface area contributed by atoms with Crippen molar-refractivity contribution in [2.45, 2.75) is 13.3 Å². The van der Waals surface area contributed by atoms with E-state index in [0.29, 0.717) is 5.65 Å². The minimum absolute atomic E-state index is 0.223. The lowest BCUT2D eigenvalue weighted by molar-refractivity contribution is 0.969. The van der Waals surface area contributed by atoms with E-state index in [1.807, 2.05) is 0 Å². The zero-order valence-electron chi connectivity index (χ0n) is 7.71. The molecule has 0 saturated heterocycles. The summed E-state index contributed by atoms with van der Waals surface area (Å²) in [5, 5.41) is 10.9. The van der Waals surface area contributed by atoms with E-state index in [1.165, 1.54) is 0 Å². The van der Waals surface area contributed by atoms with E-state index in [0.717, 1.165) is 24.2 Å². The van der Waals surface area contributed by atoms with Crippen molar-refractivity contribution in [3.63, 3.8) is 0 Å². The van der Waals surface area contributed by atoms with Gasteiger partial charge in [0, 0.05) is 6.54 Å². The Balaban J connectivity index is 2.44. The van der Waals surface area contributed by atoms with Gasteiger partial charge in [0.15, 0.2) is 5.65 Å². The first-order valence-electron chi connectivity index (χ1n) is 4.41. The molecule has 14 heavy (non-hydrogen) atoms. The van der Waals surface area contributed by atoms with Crippen LogP contribution in [0.25, 0.3) is 11.0 Å². The molecule has 2 rings (SSSR count). The van der Waals surface area contributed by atoms with Crippen molar-refractivity contribution >= 4 is 28.5 Å². The smallest absolute Gasteiger partial charge is 0.226 e. The van der Waals surface area contributed by atoms with Crippen LogP contribution in [0.15, 0.2) is 6.20 Å². The molecule has 5 nitrogen and oxygen atoms in total. The highest BCUT2D eigenvalue weighted by molar-refractivity contribution is 6.28. The van der Waals surface area contributed by atoms with Gasteiger partial charge in [-0.1, -0.05) is 6.92 Å². The van der Waals surface area contributed by atoms with Gasteiger partial charge in [-0.3, -0.25) is 5.10 Å². The van der Waals surface area contributed by atoms with Gasteiger partial charge in [-0.2, -0.15) is 15.1 Å². The summed E-state index contributed by atoms with van der Waals surface area (Å²) in [5.74, 6) is 0.732. The van der Waals surface area contributed by atoms with E-state index < -0.39 is 0 Å². The Labute approximate surface area is 85.9 Å². The second-order valence-electron chi connectivity index (χ2n) is 2.90. The molecule has 6 heteroatoms. The van der Waals surface area contributed by atoms with E-state index in [2.05, 4.69) is 32.4 Å². The molecule has 0 amide bonds. The third-order valence-corrected chi connectivity index (χ3v) is 1.99. The first kappa shape index (κ1) is 9.21. The molecule has 2 aromatic rings. The molecular weight excluding hydrogens is 202 g/mol. The molecule has 0 aliphatic heterocycles. The highest BCUT2D eigenvalue weighted by atomic mass is 35.5. The fraction of sp³-hybridized carbons (Fsp3) is 0.375. The van der Waals surface area contributed by atoms with E-state index >= 15 is 0 Å². The first-order valence-corrected chi connectivity index (χ1v) is 4.79. The fourth-order valence-corrected chi connectivity index (χ4v) is 1.35. The van der Waals surface area contributed by atoms with Crippen LogP contribution >= 0.6 is 11.6 Å². The fourth-order valence-electron chi connectivity index (χ4n) is 1.19. The van der Waals surface area contributed by atoms with Gasteiger partial charge in [-0.15, -0.1) is 0 Å². The molecule has 0 fully saturated rings. The van der Waals surface area contributed by atoms with Crippen molar-refractivity contribution in [3.05, 3.63) is 11.5 Å². The molecule has 2 heterocycles. The van der Waals surface area contributed by atoms with Crippen LogP contribution in [0.4, 0.5) is 5.82 Å². The maximum atomic E-state index is 5.75. The van der Waals surface area contributed by atoms with Crippen molar-refractivity contribution in [2.75, 3.05) is 11.9 Å². The van der Waals surface area contributed by atoms with E-state index in [4.69, 9.17) is 11.6 Å². The number of anilines is 1. The number of rotatable bonds is 3. The van der Waals surface area contributed by atoms with Crippen LogP contribution in [-0.4, -0.2) is 26.7 Å². The number of nitrogens with zero attached hydrogens (tertiary/aromatic N) is 3. The molecule has 0 atom stereocenters. The van der Waals surface area contributed by atoms with E-state index in [9.17, 15) is 0 Å². The zero-order chi connectivity index (χ0) is 9.97. The number of fused-ring (bicyclic) bond motifs is 1. The number of hydrogen-bond acceptors (Lipinski definition) is 4. The largest absolute Gasteiger partial charge is 0.369 e. The maximum absolute atomic E-state index is 5.75. The molecule has 0 aromatic carbocycles. The Kier molecular flexibility index (Phi) is 2.49. The van der Waals surface area contributed by atoms with Crippen molar-refractivity contribution in [2.24, 2.45) is 0 Å². The van der Waals surface area contributed by atoms with Crippen LogP contribution in [0.1, 0.15) is 13.3 Å². The lowest BCUT2D eigenvalue weighted by atomic mass is 10.4. The molecule has 0 aliphatic carbocycles. The molecule has 2 aromatic heterocycles. The highest BCUT2D eigenvalue weighted by Crippen LogP contribution is 2.19. The van der Waals surface area contributed by atoms with Gasteiger partial charge < -0.3 is 5.32 Å². The summed E-state index contributed by atoms with van der Waals surface area (Å²) in [6.07, 6.45) is 2.71. The number of nitrogens with one attached hydrogen (secondary N) is 2. The Bertz CT molecular complexity index is 438. The van der Waals surface area contributed by atoms with Crippen molar-refractivity contribution in [1.29, 1.82) is 0 Å². The van der Waals surface area contributed by atoms with E-state index in [-0.39, 0.29) is 5.28 Å². The van der Waals surface area contributed by atoms with Crippen LogP contribution < -0.4 is 5.32 Å². The summed E-state index contributed by atoms with van der Waals surface area (Å²) < 4.78 is 0. The molecule has 2 N–H and O–H groups in total. The van der Waals surface area contributed by atoms with Crippen LogP contribution in [0.5, 0.6) is 0 Å². The van der Waals surface area contributed by atoms with Gasteiger partial charge in [-0.05, 0) is 18.0 Å². The van der Waals surface area contributed by atoms with E-state index in [1.54, 1.807) is 6.20 Å². The van der Waals surface area contributed by atoms with Crippen LogP contribution in [0.2, 0.25) is 5.28 Å². The Hall–Kier alpha value is -1.36. The topological polar surface area (TPSA) is 66.5 Å². The summed E-state index contributed by atoms with van der Waals surface area (Å²) in [5.41, 5.74) is 0.656. The number of halogens is 1. The number of aromatic nitrogens is 4. The summed E-state index contributed by atoms with van der Waals surface area (Å²) in [6.45, 7) is 2.94. The van der Waals surface area contributed by atoms with Gasteiger partial charge in [0.05, 0.1) is 11.6 Å². The zero-order valence-corrected chi connectivity index (χ0v) is 8.47. The van der Waals surface area contributed by atoms with Crippen molar-refractivity contribution < 1.29 is 0 Å². The predicted molar refractivity (Wildman–Crippen MR) is 55.5 cm³/mol. The normalized spacial score (nSPS) is 10.7. The molecule has 0 aliphatic rings. The third kappa shape index (κ3) is 1.63. The average Bonchev–Trinajstić information content (AvgIpc) is 2.61. The number of hydrogen-bond donors (Lipinski definition) is 2. The van der Waals surface area contributed by atoms with Gasteiger partial charge in [0.25, 0.3) is 0 Å². The highest BCUT2D eigenvalue weighted by Gasteiger charge is 2.06. The first-order chi connectivity index (χ1) is 6.81. The Morgan fingerprint density at radius 2 is 2.36 bits per heavy atom. The summed E-state index contributed by atoms with van der Waals surface area (Å²) >= 11 is 5.75. The van der Waals surface area contributed by atoms with Gasteiger partial charge in [0.1, 0.15) is 5.82 Å². The van der Waals surface area contributed by atoms with Gasteiger partial charge >= 0.3 is 0 Å². The van der Waals surface area contributed by atoms with Crippen molar-refractivity contribution in [3.8, 4) is 0 Å². The van der Waals surface area contributed by atoms with Gasteiger partial charge in [-0.25, -0.2) is 0 Å². The van der Waals surface area contributed by atoms with Crippen LogP contribution in [0.3, 0.4) is 0 Å². The summed E-state index contributed by atoms with van der Waals surface area (Å²) in [7, 11) is 0. The monoisotopic (exact) mass is 211 g/mol. The number of H-pyrrole nitrogens is 1. The predicted octanol–water partition coefficient (Wildman–Crippen LogP) is 1.83. The van der Waals surface area contributed by atoms with Crippen LogP contribution in [-0.2, 0) is 0 Å². The lowest BCUT2D eigenvalue weighted by Crippen LogP contribution is -2.03. The molecule has 0 bridgehead atoms. The molecule has 0 unspecified atom stereocenters. The minimum Gasteiger partial charge on any atom is -0.369 e. The molecule has 0 spiro atoms. The molecule has 0 radical (unpaired) electrons. The second-order valence-corrected chi connectivity index (χ2v) is 3.24. The maximum Gasteiger partial charge on any atom is 0.226 e. The SMILES string of the molecule is CCCNc1nc(Cl)nc2[nH]ncc12. The lowest BCUT2D eigenvalue weighted by Gasteiger charge is -2.04. The third-order valence-electron chi connectivity index (χ3n) is 1.82. The quantitative estimate of drug-likeness (QED) is 0.761. The minimum atomic E-state index is 0.223. The van der Waals surface area contributed by atoms with Crippen LogP contribution in [0, 0.1) is 0 Å². The molecule has 74 valence electrons. The summed E-state index contributed by atoms with van der Waals surface area (Å²) in [4.78, 5) is 8.09.